The molecule has 1 aromatic carbocycles. The van der Waals surface area contributed by atoms with Gasteiger partial charge in [-0.05, 0) is 0 Å². The number of benzene rings is 1. The third kappa shape index (κ3) is 2.91. The molecular formula is C13H13NO2S. The first kappa shape index (κ1) is 11.8. The van der Waals surface area contributed by atoms with Crippen LogP contribution in [0.1, 0.15) is 24.3 Å². The highest BCUT2D eigenvalue weighted by Gasteiger charge is 2.14. The van der Waals surface area contributed by atoms with Crippen LogP contribution in [0.2, 0.25) is 0 Å². The SMILES string of the molecule is CC(CC(=O)O)c1nc(-c2ccccc2)cs1. The summed E-state index contributed by atoms with van der Waals surface area (Å²) >= 11 is 1.52. The van der Waals surface area contributed by atoms with Gasteiger partial charge in [-0.25, -0.2) is 4.98 Å². The number of nitrogens with zero attached hydrogens (tertiary/aromatic N) is 1. The van der Waals surface area contributed by atoms with E-state index in [-0.39, 0.29) is 12.3 Å². The Kier molecular flexibility index (Phi) is 3.54. The van der Waals surface area contributed by atoms with Crippen molar-refractivity contribution < 1.29 is 9.90 Å². The highest BCUT2D eigenvalue weighted by atomic mass is 32.1. The monoisotopic (exact) mass is 247 g/mol. The third-order valence-corrected chi connectivity index (χ3v) is 3.57. The van der Waals surface area contributed by atoms with Gasteiger partial charge < -0.3 is 5.11 Å². The van der Waals surface area contributed by atoms with E-state index in [0.29, 0.717) is 0 Å². The standard InChI is InChI=1S/C13H13NO2S/c1-9(7-12(15)16)13-14-11(8-17-13)10-5-3-2-4-6-10/h2-6,8-9H,7H2,1H3,(H,15,16). The van der Waals surface area contributed by atoms with Gasteiger partial charge in [0.05, 0.1) is 17.1 Å². The van der Waals surface area contributed by atoms with Crippen LogP contribution in [0.15, 0.2) is 35.7 Å². The van der Waals surface area contributed by atoms with E-state index in [9.17, 15) is 4.79 Å². The average Bonchev–Trinajstić information content (AvgIpc) is 2.78. The number of carboxylic acids is 1. The molecule has 0 amide bonds. The molecule has 2 rings (SSSR count). The first-order chi connectivity index (χ1) is 8.16. The maximum atomic E-state index is 10.6. The van der Waals surface area contributed by atoms with Gasteiger partial charge >= 0.3 is 5.97 Å². The lowest BCUT2D eigenvalue weighted by molar-refractivity contribution is -0.137. The van der Waals surface area contributed by atoms with Gasteiger partial charge in [0.2, 0.25) is 0 Å². The largest absolute Gasteiger partial charge is 0.481 e. The summed E-state index contributed by atoms with van der Waals surface area (Å²) < 4.78 is 0. The van der Waals surface area contributed by atoms with Gasteiger partial charge in [0.15, 0.2) is 0 Å². The highest BCUT2D eigenvalue weighted by molar-refractivity contribution is 7.10. The fourth-order valence-electron chi connectivity index (χ4n) is 1.60. The van der Waals surface area contributed by atoms with E-state index in [4.69, 9.17) is 5.11 Å². The van der Waals surface area contributed by atoms with Crippen molar-refractivity contribution in [3.63, 3.8) is 0 Å². The molecule has 3 nitrogen and oxygen atoms in total. The van der Waals surface area contributed by atoms with Gasteiger partial charge in [-0.3, -0.25) is 4.79 Å². The molecule has 0 fully saturated rings. The van der Waals surface area contributed by atoms with Crippen LogP contribution in [0.3, 0.4) is 0 Å². The summed E-state index contributed by atoms with van der Waals surface area (Å²) in [4.78, 5) is 15.1. The van der Waals surface area contributed by atoms with E-state index in [1.165, 1.54) is 11.3 Å². The van der Waals surface area contributed by atoms with Crippen molar-refractivity contribution in [1.29, 1.82) is 0 Å². The van der Waals surface area contributed by atoms with Crippen molar-refractivity contribution in [2.45, 2.75) is 19.3 Å². The lowest BCUT2D eigenvalue weighted by Crippen LogP contribution is -2.02. The lowest BCUT2D eigenvalue weighted by Gasteiger charge is -2.03. The van der Waals surface area contributed by atoms with Gasteiger partial charge in [-0.15, -0.1) is 11.3 Å². The smallest absolute Gasteiger partial charge is 0.304 e. The van der Waals surface area contributed by atoms with Gasteiger partial charge in [0.25, 0.3) is 0 Å². The fourth-order valence-corrected chi connectivity index (χ4v) is 2.49. The van der Waals surface area contributed by atoms with E-state index in [1.54, 1.807) is 0 Å². The molecule has 0 aliphatic rings. The summed E-state index contributed by atoms with van der Waals surface area (Å²) in [5.74, 6) is -0.816. The topological polar surface area (TPSA) is 50.2 Å². The Morgan fingerprint density at radius 3 is 2.76 bits per heavy atom. The Balaban J connectivity index is 2.19. The number of thiazole rings is 1. The van der Waals surface area contributed by atoms with Crippen molar-refractivity contribution in [1.82, 2.24) is 4.98 Å². The Bertz CT molecular complexity index is 507. The summed E-state index contributed by atoms with van der Waals surface area (Å²) in [6, 6.07) is 9.90. The zero-order valence-electron chi connectivity index (χ0n) is 9.46. The van der Waals surface area contributed by atoms with Crippen LogP contribution in [0.4, 0.5) is 0 Å². The molecule has 1 atom stereocenters. The minimum atomic E-state index is -0.783. The van der Waals surface area contributed by atoms with Crippen LogP contribution >= 0.6 is 11.3 Å². The number of hydrogen-bond donors (Lipinski definition) is 1. The molecule has 1 N–H and O–H groups in total. The molecule has 0 saturated carbocycles. The summed E-state index contributed by atoms with van der Waals surface area (Å²) in [7, 11) is 0. The third-order valence-electron chi connectivity index (χ3n) is 2.49. The van der Waals surface area contributed by atoms with Crippen LogP contribution in [0, 0.1) is 0 Å². The van der Waals surface area contributed by atoms with Gasteiger partial charge in [-0.2, -0.15) is 0 Å². The van der Waals surface area contributed by atoms with Crippen molar-refractivity contribution in [3.05, 3.63) is 40.7 Å². The maximum Gasteiger partial charge on any atom is 0.304 e. The average molecular weight is 247 g/mol. The number of carboxylic acid groups (broad SMARTS) is 1. The Hall–Kier alpha value is -1.68. The minimum absolute atomic E-state index is 0.0324. The molecule has 88 valence electrons. The first-order valence-electron chi connectivity index (χ1n) is 5.39. The van der Waals surface area contributed by atoms with E-state index in [0.717, 1.165) is 16.3 Å². The second-order valence-corrected chi connectivity index (χ2v) is 4.83. The zero-order chi connectivity index (χ0) is 12.3. The van der Waals surface area contributed by atoms with Gasteiger partial charge in [-0.1, -0.05) is 37.3 Å². The Labute approximate surface area is 104 Å². The molecule has 2 aromatic rings. The molecule has 4 heteroatoms. The van der Waals surface area contributed by atoms with Crippen LogP contribution in [0.25, 0.3) is 11.3 Å². The molecule has 0 aliphatic heterocycles. The quantitative estimate of drug-likeness (QED) is 0.901. The van der Waals surface area contributed by atoms with E-state index >= 15 is 0 Å². The maximum absolute atomic E-state index is 10.6. The molecule has 1 unspecified atom stereocenters. The normalized spacial score (nSPS) is 12.3. The van der Waals surface area contributed by atoms with Crippen LogP contribution in [-0.4, -0.2) is 16.1 Å². The van der Waals surface area contributed by atoms with Crippen molar-refractivity contribution >= 4 is 17.3 Å². The Morgan fingerprint density at radius 1 is 1.41 bits per heavy atom. The zero-order valence-corrected chi connectivity index (χ0v) is 10.3. The van der Waals surface area contributed by atoms with E-state index in [1.807, 2.05) is 42.6 Å². The molecule has 0 radical (unpaired) electrons. The lowest BCUT2D eigenvalue weighted by atomic mass is 10.1. The van der Waals surface area contributed by atoms with Crippen molar-refractivity contribution in [2.75, 3.05) is 0 Å². The molecule has 0 aliphatic carbocycles. The van der Waals surface area contributed by atoms with E-state index in [2.05, 4.69) is 4.98 Å². The summed E-state index contributed by atoms with van der Waals surface area (Å²) in [5, 5.41) is 11.6. The molecular weight excluding hydrogens is 234 g/mol. The van der Waals surface area contributed by atoms with E-state index < -0.39 is 5.97 Å². The van der Waals surface area contributed by atoms with Gasteiger partial charge in [0.1, 0.15) is 0 Å². The van der Waals surface area contributed by atoms with Crippen molar-refractivity contribution in [2.24, 2.45) is 0 Å². The minimum Gasteiger partial charge on any atom is -0.481 e. The number of aliphatic carboxylic acids is 1. The number of carbonyl (C=O) groups is 1. The molecule has 0 saturated heterocycles. The van der Waals surface area contributed by atoms with Crippen LogP contribution in [0.5, 0.6) is 0 Å². The number of aromatic nitrogens is 1. The van der Waals surface area contributed by atoms with Crippen molar-refractivity contribution in [3.8, 4) is 11.3 Å². The predicted octanol–water partition coefficient (Wildman–Crippen LogP) is 3.39. The highest BCUT2D eigenvalue weighted by Crippen LogP contribution is 2.27. The summed E-state index contributed by atoms with van der Waals surface area (Å²) in [6.45, 7) is 1.89. The molecule has 1 heterocycles. The molecule has 0 bridgehead atoms. The molecule has 0 spiro atoms. The number of rotatable bonds is 4. The fraction of sp³-hybridized carbons (Fsp3) is 0.231. The second kappa shape index (κ2) is 5.10. The summed E-state index contributed by atoms with van der Waals surface area (Å²) in [6.07, 6.45) is 0.127. The van der Waals surface area contributed by atoms with Crippen LogP contribution < -0.4 is 0 Å². The predicted molar refractivity (Wildman–Crippen MR) is 68.2 cm³/mol. The number of hydrogen-bond acceptors (Lipinski definition) is 3. The second-order valence-electron chi connectivity index (χ2n) is 3.94. The first-order valence-corrected chi connectivity index (χ1v) is 6.27. The summed E-state index contributed by atoms with van der Waals surface area (Å²) in [5.41, 5.74) is 1.99. The van der Waals surface area contributed by atoms with Crippen LogP contribution in [-0.2, 0) is 4.79 Å². The molecule has 1 aromatic heterocycles. The molecule has 17 heavy (non-hydrogen) atoms. The Morgan fingerprint density at radius 2 is 2.12 bits per heavy atom. The van der Waals surface area contributed by atoms with Gasteiger partial charge in [0, 0.05) is 16.9 Å².